The van der Waals surface area contributed by atoms with Crippen LogP contribution in [-0.2, 0) is 10.0 Å². The highest BCUT2D eigenvalue weighted by Crippen LogP contribution is 2.23. The molecule has 3 aromatic rings. The second-order valence-corrected chi connectivity index (χ2v) is 7.96. The number of nitrogens with zero attached hydrogens (tertiary/aromatic N) is 1. The van der Waals surface area contributed by atoms with Gasteiger partial charge in [-0.05, 0) is 49.2 Å². The van der Waals surface area contributed by atoms with Gasteiger partial charge in [0.25, 0.3) is 5.91 Å². The first-order valence-corrected chi connectivity index (χ1v) is 9.79. The van der Waals surface area contributed by atoms with E-state index >= 15 is 0 Å². The summed E-state index contributed by atoms with van der Waals surface area (Å²) < 4.78 is 27.0. The Morgan fingerprint density at radius 2 is 1.73 bits per heavy atom. The van der Waals surface area contributed by atoms with Crippen LogP contribution in [0.3, 0.4) is 0 Å². The molecule has 1 heterocycles. The van der Waals surface area contributed by atoms with Gasteiger partial charge in [-0.3, -0.25) is 9.78 Å². The van der Waals surface area contributed by atoms with E-state index in [9.17, 15) is 13.2 Å². The minimum absolute atomic E-state index is 0.0444. The first-order chi connectivity index (χ1) is 12.5. The number of hydrogen-bond acceptors (Lipinski definition) is 4. The van der Waals surface area contributed by atoms with E-state index in [0.717, 1.165) is 23.7 Å². The molecule has 0 unspecified atom stereocenters. The van der Waals surface area contributed by atoms with Gasteiger partial charge in [0.1, 0.15) is 0 Å². The number of pyridine rings is 1. The van der Waals surface area contributed by atoms with E-state index in [0.29, 0.717) is 11.3 Å². The second kappa shape index (κ2) is 6.51. The van der Waals surface area contributed by atoms with Crippen LogP contribution in [-0.4, -0.2) is 25.4 Å². The molecule has 0 radical (unpaired) electrons. The Morgan fingerprint density at radius 3 is 2.46 bits per heavy atom. The molecule has 2 aromatic carbocycles. The van der Waals surface area contributed by atoms with Crippen molar-refractivity contribution in [2.24, 2.45) is 0 Å². The molecule has 0 spiro atoms. The molecule has 132 valence electrons. The van der Waals surface area contributed by atoms with Gasteiger partial charge in [-0.25, -0.2) is 13.1 Å². The van der Waals surface area contributed by atoms with Crippen LogP contribution >= 0.6 is 0 Å². The highest BCUT2D eigenvalue weighted by Gasteiger charge is 2.27. The SMILES string of the molecule is O=C(Nc1ccnc2ccccc12)c1ccc(S(=O)(=O)NC2CC2)cc1. The summed E-state index contributed by atoms with van der Waals surface area (Å²) in [6.07, 6.45) is 3.39. The molecule has 7 heteroatoms. The molecule has 2 N–H and O–H groups in total. The number of rotatable bonds is 5. The quantitative estimate of drug-likeness (QED) is 0.726. The van der Waals surface area contributed by atoms with E-state index in [1.54, 1.807) is 12.3 Å². The van der Waals surface area contributed by atoms with Crippen LogP contribution in [0.4, 0.5) is 5.69 Å². The number of fused-ring (bicyclic) bond motifs is 1. The van der Waals surface area contributed by atoms with Gasteiger partial charge in [0.05, 0.1) is 16.1 Å². The molecule has 0 saturated heterocycles. The average molecular weight is 367 g/mol. The first kappa shape index (κ1) is 16.7. The third-order valence-electron chi connectivity index (χ3n) is 4.22. The van der Waals surface area contributed by atoms with Crippen molar-refractivity contribution in [2.45, 2.75) is 23.8 Å². The number of hydrogen-bond donors (Lipinski definition) is 2. The summed E-state index contributed by atoms with van der Waals surface area (Å²) in [6.45, 7) is 0. The van der Waals surface area contributed by atoms with Crippen LogP contribution < -0.4 is 10.0 Å². The lowest BCUT2D eigenvalue weighted by Gasteiger charge is -2.09. The maximum Gasteiger partial charge on any atom is 0.255 e. The predicted octanol–water partition coefficient (Wildman–Crippen LogP) is 2.93. The zero-order valence-corrected chi connectivity index (χ0v) is 14.7. The van der Waals surface area contributed by atoms with E-state index in [4.69, 9.17) is 0 Å². The fraction of sp³-hybridized carbons (Fsp3) is 0.158. The van der Waals surface area contributed by atoms with E-state index in [1.165, 1.54) is 24.3 Å². The molecule has 0 atom stereocenters. The van der Waals surface area contributed by atoms with E-state index in [2.05, 4.69) is 15.0 Å². The Balaban J connectivity index is 1.55. The molecular formula is C19H17N3O3S. The van der Waals surface area contributed by atoms with E-state index in [1.807, 2.05) is 24.3 Å². The number of sulfonamides is 1. The van der Waals surface area contributed by atoms with Crippen LogP contribution in [0.5, 0.6) is 0 Å². The Morgan fingerprint density at radius 1 is 1.00 bits per heavy atom. The topological polar surface area (TPSA) is 88.2 Å². The number of carbonyl (C=O) groups excluding carboxylic acids is 1. The number of nitrogens with one attached hydrogen (secondary N) is 2. The van der Waals surface area contributed by atoms with Crippen molar-refractivity contribution in [1.82, 2.24) is 9.71 Å². The Kier molecular flexibility index (Phi) is 4.18. The summed E-state index contributed by atoms with van der Waals surface area (Å²) in [4.78, 5) is 16.9. The van der Waals surface area contributed by atoms with Gasteiger partial charge < -0.3 is 5.32 Å². The van der Waals surface area contributed by atoms with Crippen molar-refractivity contribution in [2.75, 3.05) is 5.32 Å². The number of carbonyl (C=O) groups is 1. The molecular weight excluding hydrogens is 350 g/mol. The van der Waals surface area contributed by atoms with Crippen molar-refractivity contribution in [3.63, 3.8) is 0 Å². The number of aromatic nitrogens is 1. The van der Waals surface area contributed by atoms with E-state index < -0.39 is 10.0 Å². The average Bonchev–Trinajstić information content (AvgIpc) is 3.45. The maximum absolute atomic E-state index is 12.5. The first-order valence-electron chi connectivity index (χ1n) is 8.30. The summed E-state index contributed by atoms with van der Waals surface area (Å²) in [5, 5.41) is 3.70. The summed E-state index contributed by atoms with van der Waals surface area (Å²) in [6, 6.07) is 15.2. The smallest absolute Gasteiger partial charge is 0.255 e. The number of para-hydroxylation sites is 1. The molecule has 26 heavy (non-hydrogen) atoms. The van der Waals surface area contributed by atoms with Crippen LogP contribution in [0.15, 0.2) is 65.7 Å². The molecule has 1 amide bonds. The lowest BCUT2D eigenvalue weighted by molar-refractivity contribution is 0.102. The molecule has 0 aliphatic heterocycles. The van der Waals surface area contributed by atoms with Gasteiger partial charge in [0.2, 0.25) is 10.0 Å². The largest absolute Gasteiger partial charge is 0.321 e. The standard InChI is InChI=1S/C19H17N3O3S/c23-19(21-18-11-12-20-17-4-2-1-3-16(17)18)13-5-9-15(10-6-13)26(24,25)22-14-7-8-14/h1-6,9-12,14,22H,7-8H2,(H,20,21,23). The van der Waals surface area contributed by atoms with Crippen molar-refractivity contribution >= 4 is 32.5 Å². The second-order valence-electron chi connectivity index (χ2n) is 6.25. The molecule has 6 nitrogen and oxygen atoms in total. The minimum Gasteiger partial charge on any atom is -0.321 e. The van der Waals surface area contributed by atoms with Crippen LogP contribution in [0.25, 0.3) is 10.9 Å². The van der Waals surface area contributed by atoms with E-state index in [-0.39, 0.29) is 16.8 Å². The highest BCUT2D eigenvalue weighted by atomic mass is 32.2. The summed E-state index contributed by atoms with van der Waals surface area (Å²) in [5.41, 5.74) is 1.84. The molecule has 1 aliphatic rings. The van der Waals surface area contributed by atoms with Gasteiger partial charge >= 0.3 is 0 Å². The van der Waals surface area contributed by atoms with Gasteiger partial charge in [0.15, 0.2) is 0 Å². The molecule has 1 aromatic heterocycles. The van der Waals surface area contributed by atoms with Crippen LogP contribution in [0.1, 0.15) is 23.2 Å². The van der Waals surface area contributed by atoms with Gasteiger partial charge in [-0.1, -0.05) is 18.2 Å². The minimum atomic E-state index is -3.52. The van der Waals surface area contributed by atoms with Gasteiger partial charge in [0, 0.05) is 23.2 Å². The van der Waals surface area contributed by atoms with Crippen molar-refractivity contribution < 1.29 is 13.2 Å². The normalized spacial score (nSPS) is 14.3. The molecule has 1 aliphatic carbocycles. The Hall–Kier alpha value is -2.77. The molecule has 1 fully saturated rings. The maximum atomic E-state index is 12.5. The van der Waals surface area contributed by atoms with Crippen LogP contribution in [0, 0.1) is 0 Å². The van der Waals surface area contributed by atoms with Crippen molar-refractivity contribution in [3.05, 3.63) is 66.4 Å². The van der Waals surface area contributed by atoms with Gasteiger partial charge in [-0.2, -0.15) is 0 Å². The molecule has 0 bridgehead atoms. The Bertz CT molecular complexity index is 1070. The summed E-state index contributed by atoms with van der Waals surface area (Å²) >= 11 is 0. The van der Waals surface area contributed by atoms with Crippen molar-refractivity contribution in [3.8, 4) is 0 Å². The van der Waals surface area contributed by atoms with Gasteiger partial charge in [-0.15, -0.1) is 0 Å². The fourth-order valence-corrected chi connectivity index (χ4v) is 3.98. The number of benzene rings is 2. The summed E-state index contributed by atoms with van der Waals surface area (Å²) in [7, 11) is -3.52. The monoisotopic (exact) mass is 367 g/mol. The number of anilines is 1. The number of amides is 1. The van der Waals surface area contributed by atoms with Crippen molar-refractivity contribution in [1.29, 1.82) is 0 Å². The fourth-order valence-electron chi connectivity index (χ4n) is 2.67. The third-order valence-corrected chi connectivity index (χ3v) is 5.76. The third kappa shape index (κ3) is 3.44. The lowest BCUT2D eigenvalue weighted by Crippen LogP contribution is -2.25. The Labute approximate surface area is 151 Å². The predicted molar refractivity (Wildman–Crippen MR) is 99.5 cm³/mol. The summed E-state index contributed by atoms with van der Waals surface area (Å²) in [5.74, 6) is -0.305. The molecule has 1 saturated carbocycles. The zero-order valence-electron chi connectivity index (χ0n) is 13.8. The lowest BCUT2D eigenvalue weighted by atomic mass is 10.1. The molecule has 4 rings (SSSR count). The van der Waals surface area contributed by atoms with Crippen LogP contribution in [0.2, 0.25) is 0 Å². The highest BCUT2D eigenvalue weighted by molar-refractivity contribution is 7.89. The zero-order chi connectivity index (χ0) is 18.1.